The van der Waals surface area contributed by atoms with Gasteiger partial charge in [-0.3, -0.25) is 4.79 Å². The Hall–Kier alpha value is -2.91. The maximum absolute atomic E-state index is 13.2. The molecule has 3 aromatic heterocycles. The van der Waals surface area contributed by atoms with E-state index in [4.69, 9.17) is 4.42 Å². The highest BCUT2D eigenvalue weighted by Crippen LogP contribution is 2.25. The molecule has 0 spiro atoms. The van der Waals surface area contributed by atoms with Gasteiger partial charge in [-0.25, -0.2) is 27.1 Å². The molecule has 0 saturated carbocycles. The summed E-state index contributed by atoms with van der Waals surface area (Å²) < 4.78 is 58.3. The van der Waals surface area contributed by atoms with Gasteiger partial charge in [-0.05, 0) is 31.5 Å². The Morgan fingerprint density at radius 2 is 2.00 bits per heavy atom. The Labute approximate surface area is 157 Å². The summed E-state index contributed by atoms with van der Waals surface area (Å²) in [5.41, 5.74) is -1.91. The number of furan rings is 1. The molecule has 1 unspecified atom stereocenters. The molecule has 1 atom stereocenters. The molecule has 0 aliphatic rings. The van der Waals surface area contributed by atoms with Gasteiger partial charge in [-0.1, -0.05) is 0 Å². The third-order valence-electron chi connectivity index (χ3n) is 4.51. The maximum Gasteiger partial charge on any atom is 0.280 e. The quantitative estimate of drug-likeness (QED) is 0.557. The summed E-state index contributed by atoms with van der Waals surface area (Å²) in [6.45, 7) is 1.83. The third-order valence-corrected chi connectivity index (χ3v) is 4.51. The van der Waals surface area contributed by atoms with Gasteiger partial charge in [0.25, 0.3) is 18.8 Å². The maximum atomic E-state index is 13.2. The molecule has 0 N–H and O–H groups in total. The first-order chi connectivity index (χ1) is 13.3. The van der Waals surface area contributed by atoms with Crippen LogP contribution in [-0.4, -0.2) is 38.5 Å². The van der Waals surface area contributed by atoms with E-state index in [2.05, 4.69) is 10.1 Å². The molecule has 6 nitrogen and oxygen atoms in total. The van der Waals surface area contributed by atoms with Crippen LogP contribution in [-0.2, 0) is 6.42 Å². The van der Waals surface area contributed by atoms with E-state index in [1.807, 2.05) is 13.0 Å². The minimum Gasteiger partial charge on any atom is -0.469 e. The summed E-state index contributed by atoms with van der Waals surface area (Å²) >= 11 is 0. The van der Waals surface area contributed by atoms with Gasteiger partial charge in [-0.2, -0.15) is 5.10 Å². The van der Waals surface area contributed by atoms with Crippen molar-refractivity contribution < 1.29 is 26.8 Å². The fourth-order valence-electron chi connectivity index (χ4n) is 2.77. The normalized spacial score (nSPS) is 12.9. The van der Waals surface area contributed by atoms with Gasteiger partial charge in [0, 0.05) is 25.6 Å². The molecular weight excluding hydrogens is 380 g/mol. The fraction of sp³-hybridized carbons (Fsp3) is 0.389. The summed E-state index contributed by atoms with van der Waals surface area (Å²) in [7, 11) is 1.56. The van der Waals surface area contributed by atoms with Crippen molar-refractivity contribution in [2.24, 2.45) is 0 Å². The van der Waals surface area contributed by atoms with E-state index in [-0.39, 0.29) is 17.4 Å². The standard InChI is InChI=1S/C18H18F4N4O2/c1-10(5-6-11-4-3-7-28-11)25(2)18(27)13-9-15-23-12(16(19)20)8-14(17(21)22)26(15)24-13/h3-4,7-10,16-17H,5-6H2,1-2H3. The van der Waals surface area contributed by atoms with Crippen LogP contribution in [0.1, 0.15) is 53.8 Å². The van der Waals surface area contributed by atoms with Crippen molar-refractivity contribution in [3.8, 4) is 0 Å². The number of carbonyl (C=O) groups is 1. The number of fused-ring (bicyclic) bond motifs is 1. The predicted molar refractivity (Wildman–Crippen MR) is 91.5 cm³/mol. The van der Waals surface area contributed by atoms with E-state index in [9.17, 15) is 22.4 Å². The van der Waals surface area contributed by atoms with E-state index in [0.29, 0.717) is 18.9 Å². The van der Waals surface area contributed by atoms with Gasteiger partial charge in [0.2, 0.25) is 0 Å². The number of hydrogen-bond acceptors (Lipinski definition) is 4. The molecule has 3 heterocycles. The fourth-order valence-corrected chi connectivity index (χ4v) is 2.77. The molecule has 28 heavy (non-hydrogen) atoms. The minimum atomic E-state index is -3.05. The first kappa shape index (κ1) is 19.8. The first-order valence-electron chi connectivity index (χ1n) is 8.54. The summed E-state index contributed by atoms with van der Waals surface area (Å²) in [6.07, 6.45) is -3.27. The highest BCUT2D eigenvalue weighted by Gasteiger charge is 2.24. The largest absolute Gasteiger partial charge is 0.469 e. The van der Waals surface area contributed by atoms with Crippen molar-refractivity contribution in [2.75, 3.05) is 7.05 Å². The SMILES string of the molecule is CC(CCc1ccco1)N(C)C(=O)c1cc2nc(C(F)F)cc(C(F)F)n2n1. The topological polar surface area (TPSA) is 63.6 Å². The lowest BCUT2D eigenvalue weighted by molar-refractivity contribution is 0.0729. The second-order valence-electron chi connectivity index (χ2n) is 6.39. The van der Waals surface area contributed by atoms with Crippen LogP contribution < -0.4 is 0 Å². The zero-order valence-electron chi connectivity index (χ0n) is 15.2. The third kappa shape index (κ3) is 4.00. The molecule has 150 valence electrons. The monoisotopic (exact) mass is 398 g/mol. The molecule has 1 amide bonds. The number of amides is 1. The summed E-state index contributed by atoms with van der Waals surface area (Å²) in [5.74, 6) is 0.266. The summed E-state index contributed by atoms with van der Waals surface area (Å²) in [5, 5.41) is 3.87. The van der Waals surface area contributed by atoms with Crippen molar-refractivity contribution in [3.63, 3.8) is 0 Å². The van der Waals surface area contributed by atoms with Crippen LogP contribution in [0.25, 0.3) is 5.65 Å². The number of alkyl halides is 4. The van der Waals surface area contributed by atoms with E-state index in [1.165, 1.54) is 4.90 Å². The van der Waals surface area contributed by atoms with Gasteiger partial charge in [0.1, 0.15) is 17.1 Å². The second kappa shape index (κ2) is 7.99. The van der Waals surface area contributed by atoms with E-state index in [1.54, 1.807) is 19.4 Å². The smallest absolute Gasteiger partial charge is 0.280 e. The molecule has 0 saturated heterocycles. The molecule has 0 aromatic carbocycles. The van der Waals surface area contributed by atoms with Crippen molar-refractivity contribution in [2.45, 2.75) is 38.7 Å². The first-order valence-corrected chi connectivity index (χ1v) is 8.54. The van der Waals surface area contributed by atoms with Gasteiger partial charge < -0.3 is 9.32 Å². The Balaban J connectivity index is 1.83. The van der Waals surface area contributed by atoms with E-state index < -0.39 is 30.1 Å². The molecule has 3 rings (SSSR count). The van der Waals surface area contributed by atoms with Gasteiger partial charge in [0.05, 0.1) is 6.26 Å². The molecule has 0 radical (unpaired) electrons. The lowest BCUT2D eigenvalue weighted by Crippen LogP contribution is -2.35. The molecule has 0 aliphatic carbocycles. The number of halogens is 4. The van der Waals surface area contributed by atoms with Crippen LogP contribution in [0.3, 0.4) is 0 Å². The summed E-state index contributed by atoms with van der Waals surface area (Å²) in [4.78, 5) is 17.7. The Morgan fingerprint density at radius 3 is 2.61 bits per heavy atom. The average molecular weight is 398 g/mol. The van der Waals surface area contributed by atoms with Crippen LogP contribution in [0, 0.1) is 0 Å². The molecule has 3 aromatic rings. The molecule has 0 bridgehead atoms. The zero-order chi connectivity index (χ0) is 20.4. The van der Waals surface area contributed by atoms with Crippen LogP contribution in [0.5, 0.6) is 0 Å². The van der Waals surface area contributed by atoms with Gasteiger partial charge >= 0.3 is 0 Å². The molecular formula is C18H18F4N4O2. The minimum absolute atomic E-state index is 0.145. The van der Waals surface area contributed by atoms with Crippen LogP contribution in [0.15, 0.2) is 34.9 Å². The number of rotatable bonds is 7. The molecule has 0 fully saturated rings. The van der Waals surface area contributed by atoms with E-state index in [0.717, 1.165) is 16.3 Å². The van der Waals surface area contributed by atoms with Crippen molar-refractivity contribution in [1.82, 2.24) is 19.5 Å². The number of nitrogens with zero attached hydrogens (tertiary/aromatic N) is 4. The highest BCUT2D eigenvalue weighted by atomic mass is 19.3. The number of aryl methyl sites for hydroxylation is 1. The Morgan fingerprint density at radius 1 is 1.25 bits per heavy atom. The lowest BCUT2D eigenvalue weighted by Gasteiger charge is -2.23. The zero-order valence-corrected chi connectivity index (χ0v) is 15.2. The Bertz CT molecular complexity index is 956. The number of aromatic nitrogens is 3. The van der Waals surface area contributed by atoms with Crippen molar-refractivity contribution in [1.29, 1.82) is 0 Å². The number of carbonyl (C=O) groups excluding carboxylic acids is 1. The van der Waals surface area contributed by atoms with Gasteiger partial charge in [0.15, 0.2) is 11.3 Å². The van der Waals surface area contributed by atoms with Crippen LogP contribution >= 0.6 is 0 Å². The lowest BCUT2D eigenvalue weighted by atomic mass is 10.1. The van der Waals surface area contributed by atoms with Crippen molar-refractivity contribution >= 4 is 11.6 Å². The Kier molecular flexibility index (Phi) is 5.66. The molecule has 0 aliphatic heterocycles. The second-order valence-corrected chi connectivity index (χ2v) is 6.39. The van der Waals surface area contributed by atoms with Crippen LogP contribution in [0.2, 0.25) is 0 Å². The number of hydrogen-bond donors (Lipinski definition) is 0. The van der Waals surface area contributed by atoms with Crippen LogP contribution in [0.4, 0.5) is 17.6 Å². The van der Waals surface area contributed by atoms with E-state index >= 15 is 0 Å². The highest BCUT2D eigenvalue weighted by molar-refractivity contribution is 5.93. The molecule has 10 heteroatoms. The van der Waals surface area contributed by atoms with Gasteiger partial charge in [-0.15, -0.1) is 0 Å². The predicted octanol–water partition coefficient (Wildman–Crippen LogP) is 4.29. The summed E-state index contributed by atoms with van der Waals surface area (Å²) in [6, 6.07) is 5.14. The van der Waals surface area contributed by atoms with Crippen molar-refractivity contribution in [3.05, 3.63) is 53.4 Å². The average Bonchev–Trinajstić information content (AvgIpc) is 3.32.